The lowest BCUT2D eigenvalue weighted by Gasteiger charge is -2.49. The van der Waals surface area contributed by atoms with Crippen molar-refractivity contribution in [1.82, 2.24) is 0 Å². The zero-order valence-corrected chi connectivity index (χ0v) is 13.0. The highest BCUT2D eigenvalue weighted by molar-refractivity contribution is 6.21. The molecule has 4 aliphatic carbocycles. The van der Waals surface area contributed by atoms with Crippen LogP contribution in [0.2, 0.25) is 0 Å². The van der Waals surface area contributed by atoms with Crippen molar-refractivity contribution in [3.63, 3.8) is 0 Å². The second-order valence-corrected chi connectivity index (χ2v) is 8.17. The summed E-state index contributed by atoms with van der Waals surface area (Å²) in [5.74, 6) is 0.606. The minimum absolute atomic E-state index is 0.169. The number of carboxylic acids is 1. The fraction of sp³-hybridized carbons (Fsp3) is 0.526. The lowest BCUT2D eigenvalue weighted by Crippen LogP contribution is -2.55. The average molecular weight is 315 g/mol. The largest absolute Gasteiger partial charge is 0.481 e. The van der Waals surface area contributed by atoms with E-state index in [-0.39, 0.29) is 22.6 Å². The Labute approximate surface area is 135 Å². The van der Waals surface area contributed by atoms with Gasteiger partial charge in [-0.05, 0) is 48.5 Å². The first-order chi connectivity index (χ1) is 10.6. The van der Waals surface area contributed by atoms with E-state index in [2.05, 4.69) is 24.3 Å². The molecule has 0 aromatic heterocycles. The molecule has 5 rings (SSSR count). The molecule has 22 heavy (non-hydrogen) atoms. The van der Waals surface area contributed by atoms with Gasteiger partial charge in [0.1, 0.15) is 0 Å². The maximum absolute atomic E-state index is 12.6. The van der Waals surface area contributed by atoms with E-state index in [1.807, 2.05) is 18.2 Å². The third kappa shape index (κ3) is 1.18. The van der Waals surface area contributed by atoms with Gasteiger partial charge in [-0.15, -0.1) is 11.6 Å². The summed E-state index contributed by atoms with van der Waals surface area (Å²) in [6.45, 7) is 0. The van der Waals surface area contributed by atoms with Gasteiger partial charge >= 0.3 is 5.97 Å². The van der Waals surface area contributed by atoms with E-state index in [1.165, 1.54) is 5.56 Å². The number of rotatable bonds is 2. The molecule has 2 nitrogen and oxygen atoms in total. The van der Waals surface area contributed by atoms with E-state index in [4.69, 9.17) is 11.6 Å². The number of carboxylic acid groups (broad SMARTS) is 1. The molecule has 114 valence electrons. The molecule has 1 aromatic rings. The van der Waals surface area contributed by atoms with Crippen LogP contribution in [0.15, 0.2) is 42.5 Å². The van der Waals surface area contributed by atoms with Gasteiger partial charge in [-0.3, -0.25) is 4.79 Å². The molecular formula is C19H19ClO2. The summed E-state index contributed by atoms with van der Waals surface area (Å²) in [6, 6.07) is 10.3. The molecule has 7 unspecified atom stereocenters. The number of aliphatic carboxylic acids is 1. The Morgan fingerprint density at radius 3 is 2.73 bits per heavy atom. The van der Waals surface area contributed by atoms with Gasteiger partial charge in [0, 0.05) is 10.8 Å². The van der Waals surface area contributed by atoms with Crippen molar-refractivity contribution >= 4 is 17.6 Å². The minimum Gasteiger partial charge on any atom is -0.481 e. The van der Waals surface area contributed by atoms with Crippen LogP contribution in [0.5, 0.6) is 0 Å². The number of benzene rings is 1. The second kappa shape index (κ2) is 3.97. The maximum Gasteiger partial charge on any atom is 0.311 e. The highest BCUT2D eigenvalue weighted by Gasteiger charge is 2.78. The van der Waals surface area contributed by atoms with Crippen LogP contribution in [0.1, 0.15) is 24.8 Å². The fourth-order valence-electron chi connectivity index (χ4n) is 6.73. The van der Waals surface area contributed by atoms with Crippen LogP contribution in [0.25, 0.3) is 0 Å². The first-order valence-electron chi connectivity index (χ1n) is 8.23. The van der Waals surface area contributed by atoms with E-state index in [1.54, 1.807) is 0 Å². The van der Waals surface area contributed by atoms with Gasteiger partial charge in [0.05, 0.1) is 5.41 Å². The third-order valence-corrected chi connectivity index (χ3v) is 7.69. The Bertz CT molecular complexity index is 684. The van der Waals surface area contributed by atoms with Crippen LogP contribution < -0.4 is 0 Å². The second-order valence-electron chi connectivity index (χ2n) is 7.61. The quantitative estimate of drug-likeness (QED) is 0.511. The predicted molar refractivity (Wildman–Crippen MR) is 84.8 cm³/mol. The van der Waals surface area contributed by atoms with Gasteiger partial charge < -0.3 is 5.11 Å². The molecule has 4 aliphatic rings. The molecule has 0 amide bonds. The van der Waals surface area contributed by atoms with Crippen LogP contribution in [-0.4, -0.2) is 16.5 Å². The molecule has 4 bridgehead atoms. The molecule has 7 atom stereocenters. The van der Waals surface area contributed by atoms with Gasteiger partial charge in [0.2, 0.25) is 0 Å². The van der Waals surface area contributed by atoms with Gasteiger partial charge in [-0.25, -0.2) is 0 Å². The summed E-state index contributed by atoms with van der Waals surface area (Å²) in [6.07, 6.45) is 7.32. The van der Waals surface area contributed by atoms with Gasteiger partial charge in [-0.1, -0.05) is 42.5 Å². The zero-order chi connectivity index (χ0) is 15.1. The summed E-state index contributed by atoms with van der Waals surface area (Å²) in [4.78, 5) is 12.6. The fourth-order valence-corrected chi connectivity index (χ4v) is 7.21. The molecule has 0 aliphatic heterocycles. The minimum atomic E-state index is -0.635. The summed E-state index contributed by atoms with van der Waals surface area (Å²) in [7, 11) is 0. The van der Waals surface area contributed by atoms with Crippen molar-refractivity contribution in [3.8, 4) is 0 Å². The van der Waals surface area contributed by atoms with Crippen LogP contribution in [-0.2, 0) is 10.2 Å². The number of fused-ring (bicyclic) bond motifs is 9. The number of halogens is 1. The highest BCUT2D eigenvalue weighted by Crippen LogP contribution is 2.77. The van der Waals surface area contributed by atoms with Crippen molar-refractivity contribution in [2.45, 2.75) is 30.1 Å². The topological polar surface area (TPSA) is 37.3 Å². The third-order valence-electron chi connectivity index (χ3n) is 7.19. The van der Waals surface area contributed by atoms with Gasteiger partial charge in [0.15, 0.2) is 0 Å². The monoisotopic (exact) mass is 314 g/mol. The van der Waals surface area contributed by atoms with Crippen molar-refractivity contribution in [1.29, 1.82) is 0 Å². The number of hydrogen-bond donors (Lipinski definition) is 1. The summed E-state index contributed by atoms with van der Waals surface area (Å²) < 4.78 is 0. The Morgan fingerprint density at radius 2 is 2.00 bits per heavy atom. The van der Waals surface area contributed by atoms with Crippen LogP contribution in [0, 0.1) is 29.1 Å². The number of carbonyl (C=O) groups is 1. The number of allylic oxidation sites excluding steroid dienone is 2. The molecule has 1 aromatic carbocycles. The SMILES string of the molecule is O=C(O)C12C3CC(Cl)C(C3)C1C1C=CC2(c2ccccc2)C1. The van der Waals surface area contributed by atoms with Gasteiger partial charge in [0.25, 0.3) is 0 Å². The van der Waals surface area contributed by atoms with E-state index in [0.29, 0.717) is 11.8 Å². The zero-order valence-electron chi connectivity index (χ0n) is 12.3. The smallest absolute Gasteiger partial charge is 0.311 e. The van der Waals surface area contributed by atoms with Crippen LogP contribution in [0.4, 0.5) is 0 Å². The molecule has 0 heterocycles. The first kappa shape index (κ1) is 13.2. The number of hydrogen-bond acceptors (Lipinski definition) is 1. The molecule has 3 fully saturated rings. The number of alkyl halides is 1. The maximum atomic E-state index is 12.6. The molecular weight excluding hydrogens is 296 g/mol. The molecule has 3 saturated carbocycles. The van der Waals surface area contributed by atoms with E-state index in [9.17, 15) is 9.90 Å². The lowest BCUT2D eigenvalue weighted by molar-refractivity contribution is -0.159. The Hall–Kier alpha value is -1.28. The lowest BCUT2D eigenvalue weighted by atomic mass is 9.52. The highest BCUT2D eigenvalue weighted by atomic mass is 35.5. The molecule has 1 N–H and O–H groups in total. The van der Waals surface area contributed by atoms with Crippen molar-refractivity contribution in [2.75, 3.05) is 0 Å². The van der Waals surface area contributed by atoms with Crippen molar-refractivity contribution in [3.05, 3.63) is 48.0 Å². The average Bonchev–Trinajstić information content (AvgIpc) is 3.24. The normalized spacial score (nSPS) is 50.5. The van der Waals surface area contributed by atoms with Crippen LogP contribution in [0.3, 0.4) is 0 Å². The van der Waals surface area contributed by atoms with E-state index >= 15 is 0 Å². The predicted octanol–water partition coefficient (Wildman–Crippen LogP) is 3.85. The Balaban J connectivity index is 1.77. The molecule has 0 spiro atoms. The van der Waals surface area contributed by atoms with Gasteiger partial charge in [-0.2, -0.15) is 0 Å². The summed E-state index contributed by atoms with van der Waals surface area (Å²) in [5.41, 5.74) is 0.215. The molecule has 3 heteroatoms. The van der Waals surface area contributed by atoms with E-state index < -0.39 is 11.4 Å². The molecule has 0 radical (unpaired) electrons. The van der Waals surface area contributed by atoms with Crippen molar-refractivity contribution < 1.29 is 9.90 Å². The summed E-state index contributed by atoms with van der Waals surface area (Å²) in [5, 5.41) is 10.5. The first-order valence-corrected chi connectivity index (χ1v) is 8.67. The summed E-state index contributed by atoms with van der Waals surface area (Å²) >= 11 is 6.55. The Kier molecular flexibility index (Phi) is 2.38. The van der Waals surface area contributed by atoms with Crippen LogP contribution >= 0.6 is 11.6 Å². The van der Waals surface area contributed by atoms with Crippen molar-refractivity contribution in [2.24, 2.45) is 29.1 Å². The molecule has 0 saturated heterocycles. The standard InChI is InChI=1S/C19H19ClO2/c20-15-9-13-8-14(15)16-11-6-7-18(10-11,19(13,16)17(21)22)12-4-2-1-3-5-12/h1-7,11,13-16H,8-10H2,(H,21,22). The van der Waals surface area contributed by atoms with E-state index in [0.717, 1.165) is 19.3 Å². The Morgan fingerprint density at radius 1 is 1.23 bits per heavy atom.